The van der Waals surface area contributed by atoms with Gasteiger partial charge in [-0.2, -0.15) is 0 Å². The zero-order valence-corrected chi connectivity index (χ0v) is 16.5. The quantitative estimate of drug-likeness (QED) is 0.501. The Labute approximate surface area is 169 Å². The molecule has 6 rings (SSSR count). The van der Waals surface area contributed by atoms with E-state index in [1.165, 1.54) is 65.9 Å². The summed E-state index contributed by atoms with van der Waals surface area (Å²) in [7, 11) is 0. The molecule has 146 valence electrons. The van der Waals surface area contributed by atoms with Crippen molar-refractivity contribution in [1.82, 2.24) is 9.47 Å². The van der Waals surface area contributed by atoms with E-state index in [1.807, 2.05) is 6.07 Å². The Kier molecular flexibility index (Phi) is 3.72. The maximum absolute atomic E-state index is 12.5. The third kappa shape index (κ3) is 2.45. The lowest BCUT2D eigenvalue weighted by atomic mass is 10.0. The molecule has 0 unspecified atom stereocenters. The average Bonchev–Trinajstić information content (AvgIpc) is 3.44. The summed E-state index contributed by atoms with van der Waals surface area (Å²) < 4.78 is 8.37. The van der Waals surface area contributed by atoms with Gasteiger partial charge in [0.1, 0.15) is 5.58 Å². The van der Waals surface area contributed by atoms with E-state index >= 15 is 0 Å². The van der Waals surface area contributed by atoms with E-state index < -0.39 is 0 Å². The van der Waals surface area contributed by atoms with Gasteiger partial charge in [-0.15, -0.1) is 0 Å². The van der Waals surface area contributed by atoms with Crippen molar-refractivity contribution < 1.29 is 4.42 Å². The van der Waals surface area contributed by atoms with Crippen LogP contribution in [0.3, 0.4) is 0 Å². The van der Waals surface area contributed by atoms with Crippen LogP contribution >= 0.6 is 0 Å². The molecule has 2 aromatic carbocycles. The van der Waals surface area contributed by atoms with Gasteiger partial charge in [0.2, 0.25) is 0 Å². The van der Waals surface area contributed by atoms with Crippen molar-refractivity contribution in [3.05, 3.63) is 64.5 Å². The van der Waals surface area contributed by atoms with Crippen LogP contribution in [0.5, 0.6) is 0 Å². The number of aryl methyl sites for hydroxylation is 1. The van der Waals surface area contributed by atoms with Crippen molar-refractivity contribution in [3.8, 4) is 0 Å². The highest BCUT2D eigenvalue weighted by atomic mass is 16.3. The third-order valence-corrected chi connectivity index (χ3v) is 6.83. The first-order chi connectivity index (χ1) is 14.2. The van der Waals surface area contributed by atoms with Gasteiger partial charge in [-0.25, -0.2) is 0 Å². The molecule has 1 aliphatic heterocycles. The molecule has 0 bridgehead atoms. The van der Waals surface area contributed by atoms with E-state index in [0.29, 0.717) is 11.0 Å². The minimum Gasteiger partial charge on any atom is -0.463 e. The standard InChI is InChI=1S/C25H24N2O2/c1-16-4-5-18-17(16)6-8-20-23(18)24-21(27(20)14-13-26-11-2-3-12-26)9-7-19-22(28)10-15-29-25(19)24/h6-10,15H,1-5,11-14H2. The summed E-state index contributed by atoms with van der Waals surface area (Å²) >= 11 is 0. The number of fused-ring (bicyclic) bond motifs is 7. The second-order valence-electron chi connectivity index (χ2n) is 8.41. The summed E-state index contributed by atoms with van der Waals surface area (Å²) in [5, 5.41) is 2.99. The van der Waals surface area contributed by atoms with Crippen molar-refractivity contribution in [2.75, 3.05) is 19.6 Å². The van der Waals surface area contributed by atoms with Crippen LogP contribution in [-0.4, -0.2) is 29.1 Å². The van der Waals surface area contributed by atoms with Gasteiger partial charge in [-0.1, -0.05) is 12.6 Å². The Bertz CT molecular complexity index is 1350. The van der Waals surface area contributed by atoms with E-state index in [4.69, 9.17) is 4.42 Å². The summed E-state index contributed by atoms with van der Waals surface area (Å²) in [5.41, 5.74) is 6.97. The second kappa shape index (κ2) is 6.33. The fourth-order valence-electron chi connectivity index (χ4n) is 5.37. The number of rotatable bonds is 3. The fraction of sp³-hybridized carbons (Fsp3) is 0.320. The van der Waals surface area contributed by atoms with Crippen LogP contribution in [0.25, 0.3) is 38.3 Å². The first-order valence-electron chi connectivity index (χ1n) is 10.6. The number of allylic oxidation sites excluding steroid dienone is 1. The van der Waals surface area contributed by atoms with Gasteiger partial charge in [0.05, 0.1) is 22.6 Å². The Hall–Kier alpha value is -2.85. The lowest BCUT2D eigenvalue weighted by Gasteiger charge is -2.16. The Morgan fingerprint density at radius 3 is 2.59 bits per heavy atom. The second-order valence-corrected chi connectivity index (χ2v) is 8.41. The molecule has 1 fully saturated rings. The molecule has 4 nitrogen and oxygen atoms in total. The van der Waals surface area contributed by atoms with Crippen LogP contribution in [-0.2, 0) is 13.0 Å². The zero-order chi connectivity index (χ0) is 19.5. The van der Waals surface area contributed by atoms with Crippen molar-refractivity contribution in [1.29, 1.82) is 0 Å². The highest BCUT2D eigenvalue weighted by molar-refractivity contribution is 6.20. The van der Waals surface area contributed by atoms with Gasteiger partial charge in [0.25, 0.3) is 0 Å². The topological polar surface area (TPSA) is 38.4 Å². The average molecular weight is 384 g/mol. The molecule has 4 heteroatoms. The number of aromatic nitrogens is 1. The minimum absolute atomic E-state index is 0.0168. The Morgan fingerprint density at radius 2 is 1.72 bits per heavy atom. The molecule has 0 spiro atoms. The molecule has 0 radical (unpaired) electrons. The van der Waals surface area contributed by atoms with Gasteiger partial charge in [-0.3, -0.25) is 4.79 Å². The van der Waals surface area contributed by atoms with Gasteiger partial charge in [0.15, 0.2) is 5.43 Å². The van der Waals surface area contributed by atoms with Crippen LogP contribution in [0, 0.1) is 0 Å². The predicted octanol–water partition coefficient (Wildman–Crippen LogP) is 4.96. The number of hydrogen-bond donors (Lipinski definition) is 0. The van der Waals surface area contributed by atoms with Crippen LogP contribution < -0.4 is 5.43 Å². The molecule has 1 saturated heterocycles. The fourth-order valence-corrected chi connectivity index (χ4v) is 5.37. The minimum atomic E-state index is 0.0168. The van der Waals surface area contributed by atoms with Crippen LogP contribution in [0.4, 0.5) is 0 Å². The molecule has 4 aromatic rings. The van der Waals surface area contributed by atoms with Crippen LogP contribution in [0.15, 0.2) is 52.4 Å². The maximum Gasteiger partial charge on any atom is 0.192 e. The SMILES string of the molecule is C=C1CCc2c1ccc1c2c2c3occc(=O)c3ccc2n1CCN1CCCC1. The summed E-state index contributed by atoms with van der Waals surface area (Å²) in [6.07, 6.45) is 6.14. The largest absolute Gasteiger partial charge is 0.463 e. The van der Waals surface area contributed by atoms with E-state index in [-0.39, 0.29) is 5.43 Å². The zero-order valence-electron chi connectivity index (χ0n) is 16.5. The third-order valence-electron chi connectivity index (χ3n) is 6.83. The smallest absolute Gasteiger partial charge is 0.192 e. The van der Waals surface area contributed by atoms with Crippen molar-refractivity contribution >= 4 is 38.3 Å². The lowest BCUT2D eigenvalue weighted by Crippen LogP contribution is -2.24. The van der Waals surface area contributed by atoms with Gasteiger partial charge >= 0.3 is 0 Å². The summed E-state index contributed by atoms with van der Waals surface area (Å²) in [6.45, 7) is 8.67. The van der Waals surface area contributed by atoms with E-state index in [9.17, 15) is 4.79 Å². The number of hydrogen-bond acceptors (Lipinski definition) is 3. The Balaban J connectivity index is 1.68. The normalized spacial score (nSPS) is 17.2. The molecular weight excluding hydrogens is 360 g/mol. The first-order valence-corrected chi connectivity index (χ1v) is 10.6. The molecule has 29 heavy (non-hydrogen) atoms. The molecule has 1 aliphatic carbocycles. The van der Waals surface area contributed by atoms with Crippen molar-refractivity contribution in [3.63, 3.8) is 0 Å². The van der Waals surface area contributed by atoms with Crippen LogP contribution in [0.1, 0.15) is 30.4 Å². The van der Waals surface area contributed by atoms with E-state index in [2.05, 4.69) is 34.2 Å². The molecular formula is C25H24N2O2. The molecule has 3 heterocycles. The molecule has 2 aliphatic rings. The molecule has 2 aromatic heterocycles. The number of likely N-dealkylation sites (tertiary alicyclic amines) is 1. The summed E-state index contributed by atoms with van der Waals surface area (Å²) in [5.74, 6) is 0. The van der Waals surface area contributed by atoms with Crippen LogP contribution in [0.2, 0.25) is 0 Å². The molecule has 0 atom stereocenters. The molecule has 0 saturated carbocycles. The van der Waals surface area contributed by atoms with Gasteiger partial charge < -0.3 is 13.9 Å². The monoisotopic (exact) mass is 384 g/mol. The van der Waals surface area contributed by atoms with Gasteiger partial charge in [0, 0.05) is 30.1 Å². The number of nitrogens with zero attached hydrogens (tertiary/aromatic N) is 2. The van der Waals surface area contributed by atoms with Crippen molar-refractivity contribution in [2.24, 2.45) is 0 Å². The maximum atomic E-state index is 12.5. The molecule has 0 N–H and O–H groups in total. The highest BCUT2D eigenvalue weighted by Gasteiger charge is 2.24. The van der Waals surface area contributed by atoms with Crippen molar-refractivity contribution in [2.45, 2.75) is 32.2 Å². The van der Waals surface area contributed by atoms with Gasteiger partial charge in [-0.05, 0) is 73.7 Å². The van der Waals surface area contributed by atoms with E-state index in [0.717, 1.165) is 36.8 Å². The summed E-state index contributed by atoms with van der Waals surface area (Å²) in [6, 6.07) is 10.0. The molecule has 0 amide bonds. The lowest BCUT2D eigenvalue weighted by molar-refractivity contribution is 0.326. The predicted molar refractivity (Wildman–Crippen MR) is 119 cm³/mol. The first kappa shape index (κ1) is 17.0. The summed E-state index contributed by atoms with van der Waals surface area (Å²) in [4.78, 5) is 15.0. The Morgan fingerprint density at radius 1 is 0.931 bits per heavy atom. The highest BCUT2D eigenvalue weighted by Crippen LogP contribution is 2.42. The van der Waals surface area contributed by atoms with E-state index in [1.54, 1.807) is 0 Å². The number of benzene rings is 2.